The molecule has 27 heavy (non-hydrogen) atoms. The summed E-state index contributed by atoms with van der Waals surface area (Å²) >= 11 is 0. The van der Waals surface area contributed by atoms with E-state index < -0.39 is 47.5 Å². The fraction of sp³-hybridized carbons (Fsp3) is 0.789. The predicted octanol–water partition coefficient (Wildman–Crippen LogP) is 2.19. The first-order chi connectivity index (χ1) is 12.9. The molecule has 0 bridgehead atoms. The van der Waals surface area contributed by atoms with Crippen LogP contribution < -0.4 is 0 Å². The largest absolute Gasteiger partial charge is 0.481 e. The van der Waals surface area contributed by atoms with Crippen LogP contribution in [0.2, 0.25) is 0 Å². The maximum atomic E-state index is 12.5. The highest BCUT2D eigenvalue weighted by atomic mass is 16.5. The van der Waals surface area contributed by atoms with Gasteiger partial charge in [-0.3, -0.25) is 19.2 Å². The van der Waals surface area contributed by atoms with E-state index in [1.807, 2.05) is 20.8 Å². The molecular weight excluding hydrogens is 356 g/mol. The van der Waals surface area contributed by atoms with E-state index in [0.29, 0.717) is 19.3 Å². The maximum Gasteiger partial charge on any atom is 0.309 e. The van der Waals surface area contributed by atoms with Gasteiger partial charge in [0, 0.05) is 0 Å². The van der Waals surface area contributed by atoms with Gasteiger partial charge in [-0.1, -0.05) is 20.8 Å². The smallest absolute Gasteiger partial charge is 0.309 e. The van der Waals surface area contributed by atoms with Gasteiger partial charge in [0.25, 0.3) is 0 Å². The molecule has 0 amide bonds. The van der Waals surface area contributed by atoms with Gasteiger partial charge in [-0.15, -0.1) is 0 Å². The Balaban J connectivity index is 3.07. The van der Waals surface area contributed by atoms with E-state index in [0.717, 1.165) is 0 Å². The average molecular weight is 386 g/mol. The highest BCUT2D eigenvalue weighted by molar-refractivity contribution is 5.87. The van der Waals surface area contributed by atoms with Crippen LogP contribution in [0.5, 0.6) is 0 Å². The summed E-state index contributed by atoms with van der Waals surface area (Å²) in [5.41, 5.74) is 0. The average Bonchev–Trinajstić information content (AvgIpc) is 2.66. The van der Waals surface area contributed by atoms with Gasteiger partial charge in [-0.05, 0) is 32.1 Å². The number of carbonyl (C=O) groups excluding carboxylic acids is 3. The molecule has 1 aliphatic carbocycles. The molecule has 1 aliphatic rings. The van der Waals surface area contributed by atoms with Crippen molar-refractivity contribution in [1.29, 1.82) is 0 Å². The minimum atomic E-state index is -1.19. The van der Waals surface area contributed by atoms with Crippen molar-refractivity contribution in [2.24, 2.45) is 23.7 Å². The summed E-state index contributed by atoms with van der Waals surface area (Å²) in [4.78, 5) is 48.9. The molecule has 0 heterocycles. The fourth-order valence-corrected chi connectivity index (χ4v) is 3.19. The summed E-state index contributed by atoms with van der Waals surface area (Å²) in [5, 5.41) is 9.55. The Labute approximate surface area is 159 Å². The topological polar surface area (TPSA) is 116 Å². The Hall–Kier alpha value is -2.12. The van der Waals surface area contributed by atoms with Gasteiger partial charge in [0.05, 0.1) is 43.5 Å². The first-order valence-corrected chi connectivity index (χ1v) is 9.59. The monoisotopic (exact) mass is 386 g/mol. The first kappa shape index (κ1) is 22.9. The number of esters is 3. The molecule has 0 saturated heterocycles. The van der Waals surface area contributed by atoms with Crippen molar-refractivity contribution >= 4 is 23.9 Å². The Morgan fingerprint density at radius 1 is 0.667 bits per heavy atom. The van der Waals surface area contributed by atoms with Crippen molar-refractivity contribution in [3.63, 3.8) is 0 Å². The van der Waals surface area contributed by atoms with Crippen LogP contribution >= 0.6 is 0 Å². The molecule has 8 nitrogen and oxygen atoms in total. The molecule has 4 atom stereocenters. The van der Waals surface area contributed by atoms with Crippen LogP contribution in [-0.4, -0.2) is 48.8 Å². The molecule has 0 aromatic heterocycles. The first-order valence-electron chi connectivity index (χ1n) is 9.59. The van der Waals surface area contributed by atoms with E-state index >= 15 is 0 Å². The van der Waals surface area contributed by atoms with Crippen LogP contribution in [0.3, 0.4) is 0 Å². The van der Waals surface area contributed by atoms with Gasteiger partial charge < -0.3 is 19.3 Å². The van der Waals surface area contributed by atoms with Gasteiger partial charge in [-0.2, -0.15) is 0 Å². The van der Waals surface area contributed by atoms with E-state index in [9.17, 15) is 24.3 Å². The van der Waals surface area contributed by atoms with Gasteiger partial charge in [0.2, 0.25) is 0 Å². The standard InChI is InChI=1S/C19H30O8/c1-4-7-25-17(22)13-11-15(19(24)27-9-6-3)14(10-12(13)16(20)21)18(23)26-8-5-2/h12-15H,4-11H2,1-3H3,(H,20,21). The Morgan fingerprint density at radius 3 is 1.26 bits per heavy atom. The lowest BCUT2D eigenvalue weighted by molar-refractivity contribution is -0.174. The van der Waals surface area contributed by atoms with Crippen LogP contribution in [0.25, 0.3) is 0 Å². The van der Waals surface area contributed by atoms with Crippen LogP contribution in [0.1, 0.15) is 52.9 Å². The summed E-state index contributed by atoms with van der Waals surface area (Å²) in [5.74, 6) is -7.05. The third-order valence-corrected chi connectivity index (χ3v) is 4.56. The van der Waals surface area contributed by atoms with Crippen molar-refractivity contribution in [3.8, 4) is 0 Å². The summed E-state index contributed by atoms with van der Waals surface area (Å²) in [6.45, 7) is 6.06. The molecule has 1 rings (SSSR count). The SMILES string of the molecule is CCCOC(=O)C1CC(C(=O)OCCC)C(C(=O)OCCC)CC1C(=O)O. The number of hydrogen-bond acceptors (Lipinski definition) is 7. The third kappa shape index (κ3) is 6.52. The van der Waals surface area contributed by atoms with E-state index in [2.05, 4.69) is 0 Å². The van der Waals surface area contributed by atoms with Crippen molar-refractivity contribution in [2.45, 2.75) is 52.9 Å². The van der Waals surface area contributed by atoms with Gasteiger partial charge in [-0.25, -0.2) is 0 Å². The number of carboxylic acids is 1. The molecule has 0 aromatic rings. The molecule has 1 saturated carbocycles. The number of hydrogen-bond donors (Lipinski definition) is 1. The zero-order valence-corrected chi connectivity index (χ0v) is 16.3. The van der Waals surface area contributed by atoms with E-state index in [1.54, 1.807) is 0 Å². The van der Waals surface area contributed by atoms with Crippen molar-refractivity contribution in [2.75, 3.05) is 19.8 Å². The summed E-state index contributed by atoms with van der Waals surface area (Å²) in [7, 11) is 0. The molecule has 0 spiro atoms. The van der Waals surface area contributed by atoms with Crippen LogP contribution in [-0.2, 0) is 33.4 Å². The minimum absolute atomic E-state index is 0.103. The van der Waals surface area contributed by atoms with Crippen molar-refractivity contribution in [1.82, 2.24) is 0 Å². The normalized spacial score (nSPS) is 24.7. The Kier molecular flexibility index (Phi) is 9.82. The second-order valence-corrected chi connectivity index (χ2v) is 6.74. The Morgan fingerprint density at radius 2 is 0.963 bits per heavy atom. The summed E-state index contributed by atoms with van der Waals surface area (Å²) < 4.78 is 15.4. The van der Waals surface area contributed by atoms with Crippen molar-refractivity contribution in [3.05, 3.63) is 0 Å². The predicted molar refractivity (Wildman–Crippen MR) is 94.6 cm³/mol. The highest BCUT2D eigenvalue weighted by Crippen LogP contribution is 2.40. The van der Waals surface area contributed by atoms with Gasteiger partial charge >= 0.3 is 23.9 Å². The zero-order chi connectivity index (χ0) is 20.4. The van der Waals surface area contributed by atoms with Crippen molar-refractivity contribution < 1.29 is 38.5 Å². The molecule has 0 radical (unpaired) electrons. The number of aliphatic carboxylic acids is 1. The second kappa shape index (κ2) is 11.6. The molecule has 0 aliphatic heterocycles. The number of carboxylic acid groups (broad SMARTS) is 1. The molecule has 8 heteroatoms. The minimum Gasteiger partial charge on any atom is -0.481 e. The maximum absolute atomic E-state index is 12.5. The number of ether oxygens (including phenoxy) is 3. The zero-order valence-electron chi connectivity index (χ0n) is 16.3. The fourth-order valence-electron chi connectivity index (χ4n) is 3.19. The van der Waals surface area contributed by atoms with Gasteiger partial charge in [0.1, 0.15) is 0 Å². The molecule has 1 N–H and O–H groups in total. The van der Waals surface area contributed by atoms with Crippen LogP contribution in [0.4, 0.5) is 0 Å². The van der Waals surface area contributed by atoms with E-state index in [4.69, 9.17) is 14.2 Å². The third-order valence-electron chi connectivity index (χ3n) is 4.56. The number of carbonyl (C=O) groups is 4. The molecule has 154 valence electrons. The second-order valence-electron chi connectivity index (χ2n) is 6.74. The highest BCUT2D eigenvalue weighted by Gasteiger charge is 2.50. The molecule has 0 aromatic carbocycles. The summed E-state index contributed by atoms with van der Waals surface area (Å²) in [6.07, 6.45) is 1.56. The lowest BCUT2D eigenvalue weighted by Crippen LogP contribution is -2.46. The Bertz CT molecular complexity index is 530. The van der Waals surface area contributed by atoms with Gasteiger partial charge in [0.15, 0.2) is 0 Å². The molecule has 4 unspecified atom stereocenters. The van der Waals surface area contributed by atoms with E-state index in [1.165, 1.54) is 0 Å². The molecular formula is C19H30O8. The quantitative estimate of drug-likeness (QED) is 0.449. The molecule has 1 fully saturated rings. The lowest BCUT2D eigenvalue weighted by Gasteiger charge is -2.36. The van der Waals surface area contributed by atoms with Crippen LogP contribution in [0.15, 0.2) is 0 Å². The summed E-state index contributed by atoms with van der Waals surface area (Å²) in [6, 6.07) is 0. The van der Waals surface area contributed by atoms with Crippen LogP contribution in [0, 0.1) is 23.7 Å². The van der Waals surface area contributed by atoms with E-state index in [-0.39, 0.29) is 32.7 Å². The lowest BCUT2D eigenvalue weighted by atomic mass is 9.68. The number of rotatable bonds is 10.